The predicted molar refractivity (Wildman–Crippen MR) is 123 cm³/mol. The molecule has 0 bridgehead atoms. The van der Waals surface area contributed by atoms with Gasteiger partial charge in [0, 0.05) is 31.0 Å². The van der Waals surface area contributed by atoms with Gasteiger partial charge in [-0.15, -0.1) is 0 Å². The average Bonchev–Trinajstić information content (AvgIpc) is 2.71. The monoisotopic (exact) mass is 462 g/mol. The smallest absolute Gasteiger partial charge is 0.239 e. The van der Waals surface area contributed by atoms with Gasteiger partial charge in [0.05, 0.1) is 23.7 Å². The predicted octanol–water partition coefficient (Wildman–Crippen LogP) is 3.17. The van der Waals surface area contributed by atoms with Gasteiger partial charge in [-0.2, -0.15) is 0 Å². The second kappa shape index (κ2) is 10.6. The van der Waals surface area contributed by atoms with E-state index < -0.39 is 21.9 Å². The van der Waals surface area contributed by atoms with Gasteiger partial charge in [-0.05, 0) is 48.6 Å². The van der Waals surface area contributed by atoms with Crippen LogP contribution in [0.15, 0.2) is 30.3 Å². The van der Waals surface area contributed by atoms with Crippen molar-refractivity contribution in [2.24, 2.45) is 0 Å². The summed E-state index contributed by atoms with van der Waals surface area (Å²) < 4.78 is 38.6. The van der Waals surface area contributed by atoms with Gasteiger partial charge in [-0.3, -0.25) is 4.79 Å². The van der Waals surface area contributed by atoms with Crippen molar-refractivity contribution >= 4 is 34.0 Å². The molecule has 2 aromatic rings. The molecule has 1 heterocycles. The number of hydrogen-bond donors (Lipinski definition) is 2. The Kier molecular flexibility index (Phi) is 8.34. The maximum atomic E-state index is 13.5. The molecule has 0 fully saturated rings. The number of halogens is 1. The Morgan fingerprint density at radius 1 is 1.25 bits per heavy atom. The molecule has 0 spiro atoms. The Balaban J connectivity index is 2.66. The van der Waals surface area contributed by atoms with E-state index in [1.807, 2.05) is 13.8 Å². The molecule has 0 aliphatic rings. The third-order valence-corrected chi connectivity index (χ3v) is 5.83. The van der Waals surface area contributed by atoms with Crippen molar-refractivity contribution in [1.82, 2.24) is 9.97 Å². The molecular formula is C22H27FN4O4S. The molecule has 0 amide bonds. The molecule has 2 rings (SSSR count). The van der Waals surface area contributed by atoms with E-state index in [2.05, 4.69) is 9.97 Å². The van der Waals surface area contributed by atoms with Gasteiger partial charge in [-0.1, -0.05) is 13.8 Å². The number of hydrogen-bond acceptors (Lipinski definition) is 7. The van der Waals surface area contributed by atoms with Gasteiger partial charge in [0.15, 0.2) is 5.78 Å². The van der Waals surface area contributed by atoms with E-state index >= 15 is 0 Å². The number of benzene rings is 1. The number of allylic oxidation sites excluding steroid dienone is 1. The number of aliphatic hydroxyl groups excluding tert-OH is 1. The molecule has 172 valence electrons. The van der Waals surface area contributed by atoms with Crippen LogP contribution in [0, 0.1) is 11.2 Å². The lowest BCUT2D eigenvalue weighted by molar-refractivity contribution is -0.116. The summed E-state index contributed by atoms with van der Waals surface area (Å²) in [5.74, 6) is -0.980. The summed E-state index contributed by atoms with van der Waals surface area (Å²) in [6.07, 6.45) is 3.87. The number of carbonyl (C=O) groups excluding carboxylic acids is 1. The van der Waals surface area contributed by atoms with Crippen molar-refractivity contribution in [3.8, 4) is 11.3 Å². The maximum Gasteiger partial charge on any atom is 0.239 e. The molecule has 0 saturated carbocycles. The van der Waals surface area contributed by atoms with Crippen molar-refractivity contribution in [3.63, 3.8) is 0 Å². The van der Waals surface area contributed by atoms with Gasteiger partial charge in [-0.25, -0.2) is 27.1 Å². The number of aliphatic hydroxyl groups is 1. The molecular weight excluding hydrogens is 435 g/mol. The van der Waals surface area contributed by atoms with Crippen molar-refractivity contribution in [2.45, 2.75) is 38.7 Å². The number of anilines is 1. The van der Waals surface area contributed by atoms with Crippen LogP contribution in [0.5, 0.6) is 0 Å². The second-order valence-corrected chi connectivity index (χ2v) is 9.67. The molecule has 1 atom stereocenters. The highest BCUT2D eigenvalue weighted by Gasteiger charge is 2.22. The zero-order valence-corrected chi connectivity index (χ0v) is 19.2. The van der Waals surface area contributed by atoms with Crippen molar-refractivity contribution < 1.29 is 22.7 Å². The number of sulfonamides is 1. The Bertz CT molecular complexity index is 1120. The first-order valence-corrected chi connectivity index (χ1v) is 11.8. The van der Waals surface area contributed by atoms with Crippen LogP contribution in [-0.4, -0.2) is 54.9 Å². The summed E-state index contributed by atoms with van der Waals surface area (Å²) >= 11 is 0. The van der Waals surface area contributed by atoms with Crippen LogP contribution in [0.4, 0.5) is 10.3 Å². The quantitative estimate of drug-likeness (QED) is 0.413. The fraction of sp³-hybridized carbons (Fsp3) is 0.364. The summed E-state index contributed by atoms with van der Waals surface area (Å²) in [4.78, 5) is 21.1. The minimum absolute atomic E-state index is 0.0413. The van der Waals surface area contributed by atoms with Crippen LogP contribution in [0.25, 0.3) is 17.3 Å². The molecule has 0 aliphatic heterocycles. The van der Waals surface area contributed by atoms with Gasteiger partial charge >= 0.3 is 0 Å². The second-order valence-electron chi connectivity index (χ2n) is 7.66. The topological polar surface area (TPSA) is 124 Å². The SMILES string of the molecule is CC(C)c1nc(N(C)S(C)(=O)=O)nc(-c2ccc(F)cc2)c1/C=C/C(=O)C[C@@H](O)CC=N. The number of ketones is 1. The number of nitrogens with one attached hydrogen (secondary N) is 1. The molecule has 2 N–H and O–H groups in total. The van der Waals surface area contributed by atoms with Gasteiger partial charge < -0.3 is 10.5 Å². The minimum Gasteiger partial charge on any atom is -0.392 e. The summed E-state index contributed by atoms with van der Waals surface area (Å²) in [7, 11) is -2.29. The third-order valence-electron chi connectivity index (χ3n) is 4.67. The Morgan fingerprint density at radius 3 is 2.41 bits per heavy atom. The number of aromatic nitrogens is 2. The van der Waals surface area contributed by atoms with Crippen molar-refractivity contribution in [3.05, 3.63) is 47.4 Å². The lowest BCUT2D eigenvalue weighted by Gasteiger charge is -2.20. The molecule has 32 heavy (non-hydrogen) atoms. The fourth-order valence-corrected chi connectivity index (χ4v) is 3.27. The highest BCUT2D eigenvalue weighted by atomic mass is 32.2. The Morgan fingerprint density at radius 2 is 1.88 bits per heavy atom. The first-order valence-electron chi connectivity index (χ1n) is 9.93. The fourth-order valence-electron chi connectivity index (χ4n) is 2.89. The van der Waals surface area contributed by atoms with Crippen LogP contribution in [-0.2, 0) is 14.8 Å². The molecule has 1 aromatic carbocycles. The van der Waals surface area contributed by atoms with Gasteiger partial charge in [0.2, 0.25) is 16.0 Å². The molecule has 0 radical (unpaired) electrons. The van der Waals surface area contributed by atoms with Crippen LogP contribution in [0.2, 0.25) is 0 Å². The molecule has 1 aromatic heterocycles. The van der Waals surface area contributed by atoms with E-state index in [1.165, 1.54) is 43.5 Å². The molecule has 8 nitrogen and oxygen atoms in total. The average molecular weight is 463 g/mol. The lowest BCUT2D eigenvalue weighted by Crippen LogP contribution is -2.27. The third kappa shape index (κ3) is 6.51. The zero-order valence-electron chi connectivity index (χ0n) is 18.4. The molecule has 0 unspecified atom stereocenters. The van der Waals surface area contributed by atoms with Crippen LogP contribution in [0.3, 0.4) is 0 Å². The van der Waals surface area contributed by atoms with Crippen molar-refractivity contribution in [2.75, 3.05) is 17.6 Å². The van der Waals surface area contributed by atoms with E-state index in [9.17, 15) is 22.7 Å². The highest BCUT2D eigenvalue weighted by Crippen LogP contribution is 2.31. The number of carbonyl (C=O) groups is 1. The summed E-state index contributed by atoms with van der Waals surface area (Å²) in [5.41, 5.74) is 1.87. The minimum atomic E-state index is -3.63. The zero-order chi connectivity index (χ0) is 24.1. The summed E-state index contributed by atoms with van der Waals surface area (Å²) in [5, 5.41) is 16.8. The van der Waals surface area contributed by atoms with E-state index in [-0.39, 0.29) is 30.5 Å². The Labute approximate surface area is 187 Å². The van der Waals surface area contributed by atoms with Gasteiger partial charge in [0.25, 0.3) is 0 Å². The van der Waals surface area contributed by atoms with E-state index in [0.717, 1.165) is 16.8 Å². The Hall–Kier alpha value is -2.98. The van der Waals surface area contributed by atoms with Crippen LogP contribution in [0.1, 0.15) is 43.9 Å². The maximum absolute atomic E-state index is 13.5. The van der Waals surface area contributed by atoms with E-state index in [0.29, 0.717) is 22.5 Å². The number of nitrogens with zero attached hydrogens (tertiary/aromatic N) is 3. The van der Waals surface area contributed by atoms with Crippen LogP contribution >= 0.6 is 0 Å². The number of rotatable bonds is 10. The summed E-state index contributed by atoms with van der Waals surface area (Å²) in [6, 6.07) is 5.55. The molecule has 0 aliphatic carbocycles. The largest absolute Gasteiger partial charge is 0.392 e. The molecule has 0 saturated heterocycles. The van der Waals surface area contributed by atoms with Crippen molar-refractivity contribution in [1.29, 1.82) is 5.41 Å². The first-order chi connectivity index (χ1) is 14.9. The standard InChI is InChI=1S/C22H27FN4O4S/c1-14(2)20-19(10-9-17(28)13-18(29)11-12-24)21(15-5-7-16(23)8-6-15)26-22(25-20)27(3)32(4,30)31/h5-10,12,14,18,24,29H,11,13H2,1-4H3/b10-9+,24-12?/t18-/m0/s1. The van der Waals surface area contributed by atoms with Crippen LogP contribution < -0.4 is 4.31 Å². The first kappa shape index (κ1) is 25.3. The van der Waals surface area contributed by atoms with E-state index in [1.54, 1.807) is 0 Å². The van der Waals surface area contributed by atoms with Gasteiger partial charge in [0.1, 0.15) is 5.82 Å². The van der Waals surface area contributed by atoms with E-state index in [4.69, 9.17) is 5.41 Å². The molecule has 10 heteroatoms. The highest BCUT2D eigenvalue weighted by molar-refractivity contribution is 7.92. The lowest BCUT2D eigenvalue weighted by atomic mass is 9.97. The summed E-state index contributed by atoms with van der Waals surface area (Å²) in [6.45, 7) is 3.74. The normalized spacial score (nSPS) is 12.8.